The number of ether oxygens (including phenoxy) is 1. The summed E-state index contributed by atoms with van der Waals surface area (Å²) in [5.41, 5.74) is 3.75. The summed E-state index contributed by atoms with van der Waals surface area (Å²) in [6.45, 7) is 2.07. The molecule has 5 heteroatoms. The van der Waals surface area contributed by atoms with Crippen molar-refractivity contribution in [2.75, 3.05) is 0 Å². The number of hydrogen-bond donors (Lipinski definition) is 1. The normalized spacial score (nSPS) is 11.6. The third-order valence-corrected chi connectivity index (χ3v) is 6.65. The Kier molecular flexibility index (Phi) is 4.45. The van der Waals surface area contributed by atoms with E-state index in [-0.39, 0.29) is 5.75 Å². The van der Waals surface area contributed by atoms with Gasteiger partial charge < -0.3 is 9.84 Å². The van der Waals surface area contributed by atoms with E-state index in [2.05, 4.69) is 51.8 Å². The second kappa shape index (κ2) is 7.82. The van der Waals surface area contributed by atoms with Gasteiger partial charge in [0, 0.05) is 39.9 Å². The number of aryl methyl sites for hydroxylation is 1. The third-order valence-electron chi connectivity index (χ3n) is 6.65. The van der Waals surface area contributed by atoms with Gasteiger partial charge in [-0.3, -0.25) is 4.57 Å². The van der Waals surface area contributed by atoms with Crippen LogP contribution in [0, 0.1) is 6.92 Å². The molecule has 1 N–H and O–H groups in total. The molecule has 0 bridgehead atoms. The molecular weight excluding hydrogens is 446 g/mol. The van der Waals surface area contributed by atoms with Gasteiger partial charge in [-0.2, -0.15) is 0 Å². The van der Waals surface area contributed by atoms with Gasteiger partial charge in [-0.15, -0.1) is 0 Å². The maximum atomic E-state index is 10.9. The van der Waals surface area contributed by atoms with Gasteiger partial charge in [0.2, 0.25) is 5.88 Å². The first-order valence-electron chi connectivity index (χ1n) is 11.8. The second-order valence-electron chi connectivity index (χ2n) is 8.99. The minimum atomic E-state index is 0.162. The Morgan fingerprint density at radius 1 is 0.722 bits per heavy atom. The number of phenolic OH excluding ortho intramolecular Hbond substituents is 1. The zero-order chi connectivity index (χ0) is 24.2. The molecule has 3 heterocycles. The Labute approximate surface area is 206 Å². The SMILES string of the molecule is Cc1ccnc(-n2c3ccccc3c3ccc(Oc4ccc5cc6ccccc6c(O)c5n4)cc32)c1. The van der Waals surface area contributed by atoms with E-state index in [0.717, 1.165) is 49.3 Å². The van der Waals surface area contributed by atoms with Gasteiger partial charge in [-0.05, 0) is 60.3 Å². The van der Waals surface area contributed by atoms with Crippen molar-refractivity contribution in [1.29, 1.82) is 0 Å². The Bertz CT molecular complexity index is 1960. The highest BCUT2D eigenvalue weighted by atomic mass is 16.5. The number of rotatable bonds is 3. The Morgan fingerprint density at radius 2 is 1.53 bits per heavy atom. The molecule has 0 radical (unpaired) electrons. The van der Waals surface area contributed by atoms with Crippen LogP contribution in [0.25, 0.3) is 49.3 Å². The van der Waals surface area contributed by atoms with E-state index in [1.165, 1.54) is 0 Å². The highest BCUT2D eigenvalue weighted by Crippen LogP contribution is 2.37. The molecule has 0 spiro atoms. The predicted octanol–water partition coefficient (Wildman–Crippen LogP) is 7.69. The zero-order valence-electron chi connectivity index (χ0n) is 19.5. The van der Waals surface area contributed by atoms with Crippen LogP contribution in [0.15, 0.2) is 103 Å². The van der Waals surface area contributed by atoms with Crippen molar-refractivity contribution in [3.8, 4) is 23.2 Å². The van der Waals surface area contributed by atoms with Crippen molar-refractivity contribution in [2.45, 2.75) is 6.92 Å². The molecule has 5 nitrogen and oxygen atoms in total. The molecular formula is C31H21N3O2. The highest BCUT2D eigenvalue weighted by molar-refractivity contribution is 6.09. The smallest absolute Gasteiger partial charge is 0.219 e. The molecule has 0 aliphatic carbocycles. The van der Waals surface area contributed by atoms with Gasteiger partial charge in [0.05, 0.1) is 11.0 Å². The van der Waals surface area contributed by atoms with Crippen molar-refractivity contribution in [3.63, 3.8) is 0 Å². The van der Waals surface area contributed by atoms with Gasteiger partial charge in [-0.25, -0.2) is 9.97 Å². The minimum absolute atomic E-state index is 0.162. The quantitative estimate of drug-likeness (QED) is 0.271. The summed E-state index contributed by atoms with van der Waals surface area (Å²) in [6.07, 6.45) is 1.83. The van der Waals surface area contributed by atoms with Crippen molar-refractivity contribution in [3.05, 3.63) is 109 Å². The first-order valence-corrected chi connectivity index (χ1v) is 11.8. The van der Waals surface area contributed by atoms with Crippen LogP contribution in [0.1, 0.15) is 5.56 Å². The van der Waals surface area contributed by atoms with E-state index in [4.69, 9.17) is 4.74 Å². The number of benzene rings is 4. The minimum Gasteiger partial charge on any atom is -0.505 e. The molecule has 0 saturated carbocycles. The summed E-state index contributed by atoms with van der Waals surface area (Å²) < 4.78 is 8.38. The van der Waals surface area contributed by atoms with Gasteiger partial charge in [-0.1, -0.05) is 42.5 Å². The number of aromatic hydroxyl groups is 1. The first kappa shape index (κ1) is 20.5. The summed E-state index contributed by atoms with van der Waals surface area (Å²) in [7, 11) is 0. The molecule has 0 saturated heterocycles. The molecule has 0 amide bonds. The fourth-order valence-corrected chi connectivity index (χ4v) is 4.97. The number of pyridine rings is 2. The lowest BCUT2D eigenvalue weighted by atomic mass is 10.1. The molecule has 0 atom stereocenters. The van der Waals surface area contributed by atoms with Gasteiger partial charge >= 0.3 is 0 Å². The summed E-state index contributed by atoms with van der Waals surface area (Å²) in [4.78, 5) is 9.29. The van der Waals surface area contributed by atoms with E-state index < -0.39 is 0 Å². The average Bonchev–Trinajstić information content (AvgIpc) is 3.23. The Balaban J connectivity index is 1.37. The lowest BCUT2D eigenvalue weighted by molar-refractivity contribution is 0.461. The molecule has 3 aromatic heterocycles. The zero-order valence-corrected chi connectivity index (χ0v) is 19.5. The second-order valence-corrected chi connectivity index (χ2v) is 8.99. The number of para-hydroxylation sites is 1. The fourth-order valence-electron chi connectivity index (χ4n) is 4.97. The Hall–Kier alpha value is -4.90. The van der Waals surface area contributed by atoms with Crippen LogP contribution in [0.4, 0.5) is 0 Å². The lowest BCUT2D eigenvalue weighted by Crippen LogP contribution is -1.97. The summed E-state index contributed by atoms with van der Waals surface area (Å²) in [5, 5.41) is 15.8. The van der Waals surface area contributed by atoms with E-state index in [1.54, 1.807) is 0 Å². The molecule has 172 valence electrons. The van der Waals surface area contributed by atoms with E-state index in [1.807, 2.05) is 72.9 Å². The maximum absolute atomic E-state index is 10.9. The monoisotopic (exact) mass is 467 g/mol. The van der Waals surface area contributed by atoms with Crippen LogP contribution in [-0.4, -0.2) is 19.6 Å². The number of hydrogen-bond acceptors (Lipinski definition) is 4. The molecule has 36 heavy (non-hydrogen) atoms. The molecule has 4 aromatic carbocycles. The maximum Gasteiger partial charge on any atom is 0.219 e. The van der Waals surface area contributed by atoms with E-state index in [0.29, 0.717) is 17.1 Å². The van der Waals surface area contributed by atoms with Crippen LogP contribution in [-0.2, 0) is 0 Å². The predicted molar refractivity (Wildman–Crippen MR) is 144 cm³/mol. The van der Waals surface area contributed by atoms with Crippen LogP contribution < -0.4 is 4.74 Å². The molecule has 7 rings (SSSR count). The van der Waals surface area contributed by atoms with Crippen LogP contribution >= 0.6 is 0 Å². The molecule has 0 fully saturated rings. The third kappa shape index (κ3) is 3.17. The van der Waals surface area contributed by atoms with Gasteiger partial charge in [0.15, 0.2) is 0 Å². The van der Waals surface area contributed by atoms with Crippen molar-refractivity contribution >= 4 is 43.5 Å². The number of phenols is 1. The van der Waals surface area contributed by atoms with Crippen molar-refractivity contribution in [2.24, 2.45) is 0 Å². The molecule has 0 unspecified atom stereocenters. The fraction of sp³-hybridized carbons (Fsp3) is 0.0323. The van der Waals surface area contributed by atoms with Crippen LogP contribution in [0.3, 0.4) is 0 Å². The number of nitrogens with zero attached hydrogens (tertiary/aromatic N) is 3. The number of fused-ring (bicyclic) bond motifs is 5. The lowest BCUT2D eigenvalue weighted by Gasteiger charge is -2.10. The standard InChI is InChI=1S/C31H21N3O2/c1-19-14-15-32-28(16-19)34-26-9-5-4-8-24(26)25-12-11-22(18-27(25)34)36-29-13-10-21-17-20-6-2-3-7-23(20)31(35)30(21)33-29/h2-18,35H,1H3. The van der Waals surface area contributed by atoms with Gasteiger partial charge in [0.1, 0.15) is 22.8 Å². The van der Waals surface area contributed by atoms with Gasteiger partial charge in [0.25, 0.3) is 0 Å². The molecule has 7 aromatic rings. The first-order chi connectivity index (χ1) is 17.7. The van der Waals surface area contributed by atoms with Crippen LogP contribution in [0.5, 0.6) is 17.4 Å². The van der Waals surface area contributed by atoms with Crippen LogP contribution in [0.2, 0.25) is 0 Å². The van der Waals surface area contributed by atoms with E-state index >= 15 is 0 Å². The molecule has 0 aliphatic heterocycles. The average molecular weight is 468 g/mol. The summed E-state index contributed by atoms with van der Waals surface area (Å²) in [6, 6.07) is 32.0. The summed E-state index contributed by atoms with van der Waals surface area (Å²) in [5.74, 6) is 2.10. The highest BCUT2D eigenvalue weighted by Gasteiger charge is 2.15. The Morgan fingerprint density at radius 3 is 2.42 bits per heavy atom. The van der Waals surface area contributed by atoms with E-state index in [9.17, 15) is 5.11 Å². The molecule has 0 aliphatic rings. The topological polar surface area (TPSA) is 60.2 Å². The van der Waals surface area contributed by atoms with Crippen molar-refractivity contribution < 1.29 is 9.84 Å². The number of aromatic nitrogens is 3. The largest absolute Gasteiger partial charge is 0.505 e. The summed E-state index contributed by atoms with van der Waals surface area (Å²) >= 11 is 0. The van der Waals surface area contributed by atoms with Crippen molar-refractivity contribution in [1.82, 2.24) is 14.5 Å².